The van der Waals surface area contributed by atoms with Crippen molar-refractivity contribution >= 4 is 16.7 Å². The van der Waals surface area contributed by atoms with Gasteiger partial charge in [0.15, 0.2) is 6.20 Å². The van der Waals surface area contributed by atoms with Crippen LogP contribution in [0.1, 0.15) is 41.9 Å². The standard InChI is InChI=1S/C22H24N3/c1-14(2)17-12-19(24(5)13-16(17)4)21-15(3)9-10-18-22(21)23-20-8-6-7-11-25(18)20/h6-14H,1-5H3/q+1/i4D3,14D. The monoisotopic (exact) mass is 334 g/mol. The van der Waals surface area contributed by atoms with Gasteiger partial charge in [-0.05, 0) is 49.0 Å². The topological polar surface area (TPSA) is 21.2 Å². The molecule has 3 nitrogen and oxygen atoms in total. The number of rotatable bonds is 2. The molecule has 3 heteroatoms. The highest BCUT2D eigenvalue weighted by molar-refractivity contribution is 5.94. The molecule has 0 aliphatic carbocycles. The first-order valence-corrected chi connectivity index (χ1v) is 8.40. The molecule has 4 aromatic rings. The van der Waals surface area contributed by atoms with Crippen molar-refractivity contribution in [1.82, 2.24) is 9.38 Å². The summed E-state index contributed by atoms with van der Waals surface area (Å²) in [5.41, 5.74) is 6.28. The van der Waals surface area contributed by atoms with Gasteiger partial charge in [-0.1, -0.05) is 26.0 Å². The molecule has 0 atom stereocenters. The van der Waals surface area contributed by atoms with Gasteiger partial charge in [-0.15, -0.1) is 0 Å². The number of aromatic nitrogens is 3. The summed E-state index contributed by atoms with van der Waals surface area (Å²) in [5.74, 6) is -1.05. The second-order valence-corrected chi connectivity index (χ2v) is 6.76. The van der Waals surface area contributed by atoms with E-state index in [9.17, 15) is 0 Å². The van der Waals surface area contributed by atoms with Gasteiger partial charge >= 0.3 is 0 Å². The van der Waals surface area contributed by atoms with E-state index in [0.29, 0.717) is 5.56 Å². The fraction of sp³-hybridized carbons (Fsp3) is 0.273. The van der Waals surface area contributed by atoms with Crippen LogP contribution in [0.3, 0.4) is 0 Å². The molecule has 0 amide bonds. The lowest BCUT2D eigenvalue weighted by atomic mass is 9.95. The van der Waals surface area contributed by atoms with Crippen LogP contribution < -0.4 is 4.57 Å². The molecule has 3 aromatic heterocycles. The molecule has 0 spiro atoms. The van der Waals surface area contributed by atoms with Crippen LogP contribution in [0.25, 0.3) is 27.9 Å². The lowest BCUT2D eigenvalue weighted by Gasteiger charge is -2.12. The number of benzene rings is 1. The van der Waals surface area contributed by atoms with Crippen molar-refractivity contribution < 1.29 is 10.1 Å². The SMILES string of the molecule is [2H]C([2H])([2H])c1c[n+](C)c(-c2c(C)ccc3c2nc2ccccn23)cc1C([2H])(C)C. The van der Waals surface area contributed by atoms with E-state index in [4.69, 9.17) is 10.5 Å². The van der Waals surface area contributed by atoms with Crippen LogP contribution in [0, 0.1) is 13.8 Å². The summed E-state index contributed by atoms with van der Waals surface area (Å²) in [5, 5.41) is 0. The van der Waals surface area contributed by atoms with Gasteiger partial charge in [0, 0.05) is 23.3 Å². The highest BCUT2D eigenvalue weighted by Crippen LogP contribution is 2.32. The molecule has 0 fully saturated rings. The van der Waals surface area contributed by atoms with Crippen LogP contribution in [-0.4, -0.2) is 9.38 Å². The van der Waals surface area contributed by atoms with E-state index in [1.54, 1.807) is 20.0 Å². The molecule has 126 valence electrons. The van der Waals surface area contributed by atoms with Crippen LogP contribution in [0.4, 0.5) is 0 Å². The third kappa shape index (κ3) is 2.42. The molecule has 4 rings (SSSR count). The van der Waals surface area contributed by atoms with Crippen molar-refractivity contribution in [3.8, 4) is 11.3 Å². The number of imidazole rings is 1. The molecule has 0 unspecified atom stereocenters. The first kappa shape index (κ1) is 11.8. The lowest BCUT2D eigenvalue weighted by molar-refractivity contribution is -0.660. The smallest absolute Gasteiger partial charge is 0.215 e. The van der Waals surface area contributed by atoms with Gasteiger partial charge in [0.2, 0.25) is 5.69 Å². The van der Waals surface area contributed by atoms with E-state index in [1.165, 1.54) is 0 Å². The van der Waals surface area contributed by atoms with E-state index in [1.807, 2.05) is 53.4 Å². The van der Waals surface area contributed by atoms with Crippen molar-refractivity contribution in [3.63, 3.8) is 0 Å². The van der Waals surface area contributed by atoms with Crippen molar-refractivity contribution in [2.75, 3.05) is 0 Å². The summed E-state index contributed by atoms with van der Waals surface area (Å²) in [6, 6.07) is 11.9. The van der Waals surface area contributed by atoms with Crippen molar-refractivity contribution in [1.29, 1.82) is 0 Å². The predicted octanol–water partition coefficient (Wildman–Crippen LogP) is 4.72. The van der Waals surface area contributed by atoms with Gasteiger partial charge in [0.25, 0.3) is 0 Å². The number of nitrogens with zero attached hydrogens (tertiary/aromatic N) is 3. The van der Waals surface area contributed by atoms with Gasteiger partial charge in [-0.2, -0.15) is 0 Å². The van der Waals surface area contributed by atoms with Crippen LogP contribution in [-0.2, 0) is 7.05 Å². The largest absolute Gasteiger partial charge is 0.300 e. The van der Waals surface area contributed by atoms with Crippen LogP contribution in [0.5, 0.6) is 0 Å². The predicted molar refractivity (Wildman–Crippen MR) is 103 cm³/mol. The molecule has 3 heterocycles. The van der Waals surface area contributed by atoms with Crippen molar-refractivity contribution in [2.24, 2.45) is 7.05 Å². The summed E-state index contributed by atoms with van der Waals surface area (Å²) in [6.07, 6.45) is 3.63. The molecular weight excluding hydrogens is 306 g/mol. The average Bonchev–Trinajstić information content (AvgIpc) is 2.98. The average molecular weight is 334 g/mol. The van der Waals surface area contributed by atoms with Crippen molar-refractivity contribution in [2.45, 2.75) is 33.5 Å². The van der Waals surface area contributed by atoms with Crippen LogP contribution >= 0.6 is 0 Å². The van der Waals surface area contributed by atoms with Gasteiger partial charge in [-0.3, -0.25) is 4.40 Å². The van der Waals surface area contributed by atoms with Crippen molar-refractivity contribution in [3.05, 3.63) is 65.5 Å². The minimum absolute atomic E-state index is 0.212. The molecule has 0 bridgehead atoms. The summed E-state index contributed by atoms with van der Waals surface area (Å²) in [7, 11) is 1.85. The Hall–Kier alpha value is -2.68. The molecule has 0 radical (unpaired) electrons. The Kier molecular flexibility index (Phi) is 2.69. The fourth-order valence-corrected chi connectivity index (χ4v) is 3.47. The Morgan fingerprint density at radius 3 is 2.80 bits per heavy atom. The molecular formula is C22H24N3+. The summed E-state index contributed by atoms with van der Waals surface area (Å²) in [6.45, 7) is 3.19. The third-order valence-corrected chi connectivity index (χ3v) is 4.76. The van der Waals surface area contributed by atoms with E-state index in [0.717, 1.165) is 33.5 Å². The first-order valence-electron chi connectivity index (χ1n) is 10.4. The number of aryl methyl sites for hydroxylation is 3. The summed E-state index contributed by atoms with van der Waals surface area (Å²) < 4.78 is 36.2. The minimum atomic E-state index is -2.28. The number of hydrogen-bond acceptors (Lipinski definition) is 1. The Balaban J connectivity index is 2.10. The zero-order chi connectivity index (χ0) is 21.1. The minimum Gasteiger partial charge on any atom is -0.300 e. The maximum Gasteiger partial charge on any atom is 0.215 e. The summed E-state index contributed by atoms with van der Waals surface area (Å²) in [4.78, 5) is 4.85. The normalized spacial score (nSPS) is 15.0. The molecule has 0 saturated carbocycles. The van der Waals surface area contributed by atoms with Gasteiger partial charge in [-0.25, -0.2) is 9.55 Å². The van der Waals surface area contributed by atoms with Gasteiger partial charge < -0.3 is 0 Å². The van der Waals surface area contributed by atoms with Crippen LogP contribution in [0.15, 0.2) is 48.8 Å². The number of fused-ring (bicyclic) bond motifs is 3. The maximum absolute atomic E-state index is 8.55. The molecule has 0 N–H and O–H groups in total. The number of pyridine rings is 2. The molecule has 0 saturated heterocycles. The third-order valence-electron chi connectivity index (χ3n) is 4.76. The molecule has 25 heavy (non-hydrogen) atoms. The molecule has 0 aliphatic rings. The first-order chi connectivity index (χ1) is 13.5. The highest BCUT2D eigenvalue weighted by atomic mass is 15.0. The Labute approximate surface area is 154 Å². The fourth-order valence-electron chi connectivity index (χ4n) is 3.47. The second-order valence-electron chi connectivity index (χ2n) is 6.76. The van der Waals surface area contributed by atoms with E-state index < -0.39 is 12.7 Å². The zero-order valence-electron chi connectivity index (χ0n) is 19.0. The van der Waals surface area contributed by atoms with Gasteiger partial charge in [0.05, 0.1) is 11.1 Å². The molecule has 1 aromatic carbocycles. The highest BCUT2D eigenvalue weighted by Gasteiger charge is 2.21. The Morgan fingerprint density at radius 1 is 1.20 bits per heavy atom. The Bertz CT molecular complexity index is 1250. The van der Waals surface area contributed by atoms with Crippen LogP contribution in [0.2, 0.25) is 0 Å². The van der Waals surface area contributed by atoms with E-state index in [-0.39, 0.29) is 5.56 Å². The second kappa shape index (κ2) is 5.69. The zero-order valence-corrected chi connectivity index (χ0v) is 15.0. The lowest BCUT2D eigenvalue weighted by Crippen LogP contribution is -2.32. The number of hydrogen-bond donors (Lipinski definition) is 0. The summed E-state index contributed by atoms with van der Waals surface area (Å²) >= 11 is 0. The maximum atomic E-state index is 8.55. The van der Waals surface area contributed by atoms with E-state index in [2.05, 4.69) is 12.1 Å². The Morgan fingerprint density at radius 2 is 2.04 bits per heavy atom. The van der Waals surface area contributed by atoms with E-state index >= 15 is 0 Å². The van der Waals surface area contributed by atoms with Gasteiger partial charge in [0.1, 0.15) is 18.2 Å². The quantitative estimate of drug-likeness (QED) is 0.486. The molecule has 0 aliphatic heterocycles.